The molecule has 64 valence electrons. The zero-order valence-corrected chi connectivity index (χ0v) is 8.82. The third-order valence-corrected chi connectivity index (χ3v) is 2.57. The van der Waals surface area contributed by atoms with E-state index < -0.39 is 0 Å². The van der Waals surface area contributed by atoms with Crippen LogP contribution >= 0.6 is 27.5 Å². The summed E-state index contributed by atoms with van der Waals surface area (Å²) in [6, 6.07) is 1.68. The van der Waals surface area contributed by atoms with E-state index in [0.717, 1.165) is 0 Å². The van der Waals surface area contributed by atoms with Crippen molar-refractivity contribution in [1.82, 2.24) is 4.98 Å². The highest BCUT2D eigenvalue weighted by Gasteiger charge is 2.05. The summed E-state index contributed by atoms with van der Waals surface area (Å²) in [6.07, 6.45) is 1.97. The molecule has 0 bridgehead atoms. The Labute approximate surface area is 84.1 Å². The Kier molecular flexibility index (Phi) is 3.23. The quantitative estimate of drug-likeness (QED) is 0.595. The van der Waals surface area contributed by atoms with Crippen molar-refractivity contribution < 1.29 is 4.79 Å². The number of carbonyl (C=O) groups excluding carboxylic acids is 1. The Morgan fingerprint density at radius 3 is 2.92 bits per heavy atom. The third kappa shape index (κ3) is 2.05. The van der Waals surface area contributed by atoms with Gasteiger partial charge in [-0.2, -0.15) is 0 Å². The molecular weight excluding hydrogens is 241 g/mol. The largest absolute Gasteiger partial charge is 0.294 e. The van der Waals surface area contributed by atoms with E-state index in [4.69, 9.17) is 11.6 Å². The van der Waals surface area contributed by atoms with Crippen molar-refractivity contribution in [1.29, 1.82) is 0 Å². The molecule has 0 amide bonds. The number of aromatic nitrogens is 1. The second-order valence-electron chi connectivity index (χ2n) is 2.27. The number of rotatable bonds is 2. The molecule has 0 saturated heterocycles. The number of pyridine rings is 1. The van der Waals surface area contributed by atoms with Crippen molar-refractivity contribution in [3.05, 3.63) is 27.5 Å². The summed E-state index contributed by atoms with van der Waals surface area (Å²) >= 11 is 8.86. The van der Waals surface area contributed by atoms with Gasteiger partial charge in [0.25, 0.3) is 0 Å². The van der Waals surface area contributed by atoms with Crippen molar-refractivity contribution in [2.24, 2.45) is 0 Å². The van der Waals surface area contributed by atoms with Crippen molar-refractivity contribution in [3.63, 3.8) is 0 Å². The van der Waals surface area contributed by atoms with Gasteiger partial charge in [-0.3, -0.25) is 4.79 Å². The highest BCUT2D eigenvalue weighted by molar-refractivity contribution is 9.10. The number of hydrogen-bond donors (Lipinski definition) is 0. The Bertz CT molecular complexity index is 314. The molecule has 0 fully saturated rings. The predicted molar refractivity (Wildman–Crippen MR) is 51.6 cm³/mol. The van der Waals surface area contributed by atoms with E-state index in [1.807, 2.05) is 6.92 Å². The molecule has 1 aromatic rings. The number of ketones is 1. The maximum Gasteiger partial charge on any atom is 0.164 e. The van der Waals surface area contributed by atoms with Crippen molar-refractivity contribution >= 4 is 33.3 Å². The van der Waals surface area contributed by atoms with E-state index in [-0.39, 0.29) is 5.78 Å². The zero-order chi connectivity index (χ0) is 9.14. The van der Waals surface area contributed by atoms with Crippen LogP contribution in [0.4, 0.5) is 0 Å². The Balaban J connectivity index is 3.05. The fourth-order valence-electron chi connectivity index (χ4n) is 0.778. The minimum absolute atomic E-state index is 0.0693. The fraction of sp³-hybridized carbons (Fsp3) is 0.250. The summed E-state index contributed by atoms with van der Waals surface area (Å²) < 4.78 is 0.656. The Morgan fingerprint density at radius 1 is 1.75 bits per heavy atom. The lowest BCUT2D eigenvalue weighted by molar-refractivity contribution is 0.0988. The molecule has 0 aliphatic rings. The highest BCUT2D eigenvalue weighted by Crippen LogP contribution is 2.20. The molecule has 0 unspecified atom stereocenters. The van der Waals surface area contributed by atoms with Gasteiger partial charge in [-0.25, -0.2) is 4.98 Å². The van der Waals surface area contributed by atoms with Gasteiger partial charge >= 0.3 is 0 Å². The highest BCUT2D eigenvalue weighted by atomic mass is 79.9. The minimum Gasteiger partial charge on any atom is -0.294 e. The Hall–Kier alpha value is -0.410. The molecule has 1 aromatic heterocycles. The van der Waals surface area contributed by atoms with Gasteiger partial charge in [0.1, 0.15) is 5.15 Å². The van der Waals surface area contributed by atoms with Gasteiger partial charge in [-0.15, -0.1) is 0 Å². The van der Waals surface area contributed by atoms with Gasteiger partial charge in [0.15, 0.2) is 5.78 Å². The van der Waals surface area contributed by atoms with Crippen LogP contribution in [0.25, 0.3) is 0 Å². The first-order chi connectivity index (χ1) is 5.65. The summed E-state index contributed by atoms with van der Waals surface area (Å²) in [7, 11) is 0. The second-order valence-corrected chi connectivity index (χ2v) is 3.49. The number of nitrogens with zero attached hydrogens (tertiary/aromatic N) is 1. The number of carbonyl (C=O) groups is 1. The van der Waals surface area contributed by atoms with Crippen LogP contribution in [0.3, 0.4) is 0 Å². The molecule has 0 aliphatic carbocycles. The van der Waals surface area contributed by atoms with Crippen molar-refractivity contribution in [2.75, 3.05) is 0 Å². The molecule has 0 radical (unpaired) electrons. The van der Waals surface area contributed by atoms with Gasteiger partial charge in [0, 0.05) is 18.2 Å². The van der Waals surface area contributed by atoms with Gasteiger partial charge in [0.2, 0.25) is 0 Å². The van der Waals surface area contributed by atoms with E-state index in [1.165, 1.54) is 6.20 Å². The van der Waals surface area contributed by atoms with Gasteiger partial charge in [0.05, 0.1) is 4.47 Å². The van der Waals surface area contributed by atoms with Crippen LogP contribution in [0, 0.1) is 0 Å². The standard InChI is InChI=1S/C8H7BrClNO/c1-2-7(12)5-3-6(9)8(10)11-4-5/h3-4H,2H2,1H3. The Morgan fingerprint density at radius 2 is 2.42 bits per heavy atom. The summed E-state index contributed by atoms with van der Waals surface area (Å²) in [5, 5.41) is 0.377. The first-order valence-corrected chi connectivity index (χ1v) is 4.66. The molecule has 12 heavy (non-hydrogen) atoms. The minimum atomic E-state index is 0.0693. The molecule has 0 saturated carbocycles. The number of halogens is 2. The topological polar surface area (TPSA) is 30.0 Å². The fourth-order valence-corrected chi connectivity index (χ4v) is 1.23. The second kappa shape index (κ2) is 4.01. The van der Waals surface area contributed by atoms with Crippen LogP contribution in [0.2, 0.25) is 5.15 Å². The van der Waals surface area contributed by atoms with Crippen molar-refractivity contribution in [2.45, 2.75) is 13.3 Å². The lowest BCUT2D eigenvalue weighted by Gasteiger charge is -1.98. The molecule has 0 atom stereocenters. The summed E-state index contributed by atoms with van der Waals surface area (Å²) in [5.74, 6) is 0.0693. The molecule has 4 heteroatoms. The summed E-state index contributed by atoms with van der Waals surface area (Å²) in [6.45, 7) is 1.81. The predicted octanol–water partition coefficient (Wildman–Crippen LogP) is 3.09. The molecule has 1 rings (SSSR count). The summed E-state index contributed by atoms with van der Waals surface area (Å²) in [5.41, 5.74) is 0.591. The number of hydrogen-bond acceptors (Lipinski definition) is 2. The van der Waals surface area contributed by atoms with E-state index in [9.17, 15) is 4.79 Å². The van der Waals surface area contributed by atoms with Crippen LogP contribution in [-0.4, -0.2) is 10.8 Å². The van der Waals surface area contributed by atoms with Crippen LogP contribution in [0.1, 0.15) is 23.7 Å². The van der Waals surface area contributed by atoms with Crippen LogP contribution in [0.5, 0.6) is 0 Å². The molecule has 1 heterocycles. The maximum absolute atomic E-state index is 11.2. The zero-order valence-electron chi connectivity index (χ0n) is 6.47. The van der Waals surface area contributed by atoms with Crippen molar-refractivity contribution in [3.8, 4) is 0 Å². The first-order valence-electron chi connectivity index (χ1n) is 3.49. The van der Waals surface area contributed by atoms with Gasteiger partial charge < -0.3 is 0 Å². The third-order valence-electron chi connectivity index (χ3n) is 1.44. The molecule has 2 nitrogen and oxygen atoms in total. The number of Topliss-reactive ketones (excluding diaryl/α,β-unsaturated/α-hetero) is 1. The van der Waals surface area contributed by atoms with Gasteiger partial charge in [-0.1, -0.05) is 18.5 Å². The van der Waals surface area contributed by atoms with Crippen LogP contribution in [-0.2, 0) is 0 Å². The van der Waals surface area contributed by atoms with Crippen LogP contribution in [0.15, 0.2) is 16.7 Å². The maximum atomic E-state index is 11.2. The normalized spacial score (nSPS) is 9.92. The lowest BCUT2D eigenvalue weighted by Crippen LogP contribution is -1.97. The van der Waals surface area contributed by atoms with E-state index in [1.54, 1.807) is 6.07 Å². The average molecular weight is 249 g/mol. The first kappa shape index (κ1) is 9.68. The molecule has 0 spiro atoms. The summed E-state index contributed by atoms with van der Waals surface area (Å²) in [4.78, 5) is 15.0. The molecule has 0 aromatic carbocycles. The molecule has 0 N–H and O–H groups in total. The lowest BCUT2D eigenvalue weighted by atomic mass is 10.1. The smallest absolute Gasteiger partial charge is 0.164 e. The van der Waals surface area contributed by atoms with Gasteiger partial charge in [-0.05, 0) is 22.0 Å². The van der Waals surface area contributed by atoms with E-state index in [2.05, 4.69) is 20.9 Å². The van der Waals surface area contributed by atoms with E-state index >= 15 is 0 Å². The molecule has 0 aliphatic heterocycles. The van der Waals surface area contributed by atoms with Crippen LogP contribution < -0.4 is 0 Å². The average Bonchev–Trinajstić information content (AvgIpc) is 2.08. The molecular formula is C8H7BrClNO. The monoisotopic (exact) mass is 247 g/mol. The van der Waals surface area contributed by atoms with E-state index in [0.29, 0.717) is 21.6 Å². The SMILES string of the molecule is CCC(=O)c1cnc(Cl)c(Br)c1.